The van der Waals surface area contributed by atoms with Crippen LogP contribution in [0.4, 0.5) is 0 Å². The Labute approximate surface area is 131 Å². The van der Waals surface area contributed by atoms with Crippen molar-refractivity contribution in [2.24, 2.45) is 0 Å². The van der Waals surface area contributed by atoms with Gasteiger partial charge in [0.15, 0.2) is 0 Å². The summed E-state index contributed by atoms with van der Waals surface area (Å²) in [7, 11) is 0. The lowest BCUT2D eigenvalue weighted by Crippen LogP contribution is -2.44. The van der Waals surface area contributed by atoms with Crippen LogP contribution in [0.2, 0.25) is 10.0 Å². The molecule has 18 heavy (non-hydrogen) atoms. The first-order valence-corrected chi connectivity index (χ1v) is 6.34. The van der Waals surface area contributed by atoms with E-state index in [4.69, 9.17) is 23.2 Å². The molecule has 2 rings (SSSR count). The minimum atomic E-state index is 0. The number of piperazine rings is 1. The number of nitrogens with zero attached hydrogens (tertiary/aromatic N) is 1. The predicted octanol–water partition coefficient (Wildman–Crippen LogP) is 3.80. The average Bonchev–Trinajstić information content (AvgIpc) is 2.29. The molecule has 0 spiro atoms. The van der Waals surface area contributed by atoms with Crippen molar-refractivity contribution in [3.8, 4) is 0 Å². The molecule has 6 heteroatoms. The Kier molecular flexibility index (Phi) is 8.61. The van der Waals surface area contributed by atoms with Gasteiger partial charge in [-0.3, -0.25) is 4.90 Å². The zero-order valence-corrected chi connectivity index (χ0v) is 13.3. The molecular weight excluding hydrogens is 314 g/mol. The largest absolute Gasteiger partial charge is 0.314 e. The number of rotatable bonds is 2. The molecule has 1 atom stereocenters. The average molecular weight is 332 g/mol. The third-order valence-corrected chi connectivity index (χ3v) is 3.67. The number of benzene rings is 1. The lowest BCUT2D eigenvalue weighted by atomic mass is 10.1. The monoisotopic (exact) mass is 330 g/mol. The lowest BCUT2D eigenvalue weighted by Gasteiger charge is -2.33. The van der Waals surface area contributed by atoms with Gasteiger partial charge in [0.2, 0.25) is 0 Å². The van der Waals surface area contributed by atoms with Crippen molar-refractivity contribution in [2.75, 3.05) is 26.2 Å². The summed E-state index contributed by atoms with van der Waals surface area (Å²) in [6.45, 7) is 6.44. The van der Waals surface area contributed by atoms with Crippen molar-refractivity contribution in [3.05, 3.63) is 33.8 Å². The molecule has 1 fully saturated rings. The first-order chi connectivity index (χ1) is 7.68. The molecule has 2 nitrogen and oxygen atoms in total. The third kappa shape index (κ3) is 4.44. The maximum Gasteiger partial charge on any atom is 0.0468 e. The van der Waals surface area contributed by atoms with Crippen molar-refractivity contribution in [1.29, 1.82) is 0 Å². The van der Waals surface area contributed by atoms with Crippen LogP contribution < -0.4 is 5.32 Å². The van der Waals surface area contributed by atoms with Gasteiger partial charge in [0.1, 0.15) is 0 Å². The van der Waals surface area contributed by atoms with Gasteiger partial charge in [0, 0.05) is 42.3 Å². The molecule has 1 aliphatic rings. The highest BCUT2D eigenvalue weighted by Gasteiger charge is 2.19. The molecular formula is C12H18Cl4N2. The van der Waals surface area contributed by atoms with E-state index in [1.807, 2.05) is 18.2 Å². The molecule has 104 valence electrons. The molecule has 0 amide bonds. The van der Waals surface area contributed by atoms with E-state index in [0.29, 0.717) is 11.1 Å². The molecule has 1 aromatic carbocycles. The summed E-state index contributed by atoms with van der Waals surface area (Å²) in [4.78, 5) is 2.44. The fourth-order valence-corrected chi connectivity index (χ4v) is 2.67. The Morgan fingerprint density at radius 3 is 2.33 bits per heavy atom. The Balaban J connectivity index is 0.00000144. The van der Waals surface area contributed by atoms with E-state index in [1.165, 1.54) is 0 Å². The second-order valence-corrected chi connectivity index (χ2v) is 4.97. The number of halogens is 4. The zero-order valence-electron chi connectivity index (χ0n) is 10.2. The van der Waals surface area contributed by atoms with Gasteiger partial charge in [-0.25, -0.2) is 0 Å². The SMILES string of the molecule is C[C@@H](c1ccc(Cl)cc1Cl)N1CCNCC1.Cl.Cl. The number of hydrogen-bond donors (Lipinski definition) is 1. The molecule has 0 aromatic heterocycles. The standard InChI is InChI=1S/C12H16Cl2N2.2ClH/c1-9(16-6-4-15-5-7-16)11-3-2-10(13)8-12(11)14;;/h2-3,8-9,15H,4-7H2,1H3;2*1H/t9-;;/m0../s1. The Hall–Kier alpha value is 0.300. The van der Waals surface area contributed by atoms with Gasteiger partial charge in [-0.15, -0.1) is 24.8 Å². The topological polar surface area (TPSA) is 15.3 Å². The zero-order chi connectivity index (χ0) is 11.5. The highest BCUT2D eigenvalue weighted by molar-refractivity contribution is 6.35. The van der Waals surface area contributed by atoms with Crippen molar-refractivity contribution in [1.82, 2.24) is 10.2 Å². The minimum absolute atomic E-state index is 0. The maximum absolute atomic E-state index is 6.22. The Morgan fingerprint density at radius 1 is 1.17 bits per heavy atom. The molecule has 1 heterocycles. The molecule has 0 unspecified atom stereocenters. The first-order valence-electron chi connectivity index (χ1n) is 5.58. The van der Waals surface area contributed by atoms with Crippen LogP contribution in [0.5, 0.6) is 0 Å². The van der Waals surface area contributed by atoms with E-state index in [0.717, 1.165) is 36.8 Å². The number of nitrogens with one attached hydrogen (secondary N) is 1. The van der Waals surface area contributed by atoms with Gasteiger partial charge >= 0.3 is 0 Å². The molecule has 0 saturated carbocycles. The summed E-state index contributed by atoms with van der Waals surface area (Å²) in [5.41, 5.74) is 1.16. The quantitative estimate of drug-likeness (QED) is 0.886. The van der Waals surface area contributed by atoms with Crippen LogP contribution >= 0.6 is 48.0 Å². The lowest BCUT2D eigenvalue weighted by molar-refractivity contribution is 0.185. The highest BCUT2D eigenvalue weighted by Crippen LogP contribution is 2.29. The van der Waals surface area contributed by atoms with Crippen LogP contribution in [0, 0.1) is 0 Å². The van der Waals surface area contributed by atoms with Crippen LogP contribution in [-0.4, -0.2) is 31.1 Å². The highest BCUT2D eigenvalue weighted by atomic mass is 35.5. The second kappa shape index (κ2) is 8.47. The second-order valence-electron chi connectivity index (χ2n) is 4.13. The van der Waals surface area contributed by atoms with Gasteiger partial charge in [0.05, 0.1) is 0 Å². The molecule has 0 radical (unpaired) electrons. The van der Waals surface area contributed by atoms with E-state index in [2.05, 4.69) is 17.1 Å². The summed E-state index contributed by atoms with van der Waals surface area (Å²) in [6.07, 6.45) is 0. The molecule has 0 bridgehead atoms. The summed E-state index contributed by atoms with van der Waals surface area (Å²) in [5, 5.41) is 4.81. The smallest absolute Gasteiger partial charge is 0.0468 e. The fraction of sp³-hybridized carbons (Fsp3) is 0.500. The molecule has 1 N–H and O–H groups in total. The minimum Gasteiger partial charge on any atom is -0.314 e. The molecule has 1 aromatic rings. The summed E-state index contributed by atoms with van der Waals surface area (Å²) < 4.78 is 0. The molecule has 1 saturated heterocycles. The van der Waals surface area contributed by atoms with Crippen LogP contribution in [0.1, 0.15) is 18.5 Å². The van der Waals surface area contributed by atoms with E-state index in [1.54, 1.807) is 0 Å². The normalized spacial score (nSPS) is 17.5. The summed E-state index contributed by atoms with van der Waals surface area (Å²) >= 11 is 12.1. The summed E-state index contributed by atoms with van der Waals surface area (Å²) in [5.74, 6) is 0. The third-order valence-electron chi connectivity index (χ3n) is 3.11. The van der Waals surface area contributed by atoms with Gasteiger partial charge in [0.25, 0.3) is 0 Å². The van der Waals surface area contributed by atoms with Gasteiger partial charge in [-0.05, 0) is 24.6 Å². The van der Waals surface area contributed by atoms with Crippen LogP contribution in [-0.2, 0) is 0 Å². The van der Waals surface area contributed by atoms with Crippen molar-refractivity contribution in [2.45, 2.75) is 13.0 Å². The predicted molar refractivity (Wildman–Crippen MR) is 83.8 cm³/mol. The fourth-order valence-electron chi connectivity index (χ4n) is 2.11. The first kappa shape index (κ1) is 18.3. The molecule has 1 aliphatic heterocycles. The van der Waals surface area contributed by atoms with Crippen molar-refractivity contribution < 1.29 is 0 Å². The Morgan fingerprint density at radius 2 is 1.78 bits per heavy atom. The van der Waals surface area contributed by atoms with E-state index in [-0.39, 0.29) is 24.8 Å². The van der Waals surface area contributed by atoms with Crippen LogP contribution in [0.15, 0.2) is 18.2 Å². The van der Waals surface area contributed by atoms with E-state index >= 15 is 0 Å². The van der Waals surface area contributed by atoms with Crippen molar-refractivity contribution >= 4 is 48.0 Å². The van der Waals surface area contributed by atoms with Gasteiger partial charge in [-0.1, -0.05) is 29.3 Å². The van der Waals surface area contributed by atoms with Crippen molar-refractivity contribution in [3.63, 3.8) is 0 Å². The maximum atomic E-state index is 6.22. The van der Waals surface area contributed by atoms with E-state index < -0.39 is 0 Å². The van der Waals surface area contributed by atoms with E-state index in [9.17, 15) is 0 Å². The van der Waals surface area contributed by atoms with Gasteiger partial charge in [-0.2, -0.15) is 0 Å². The van der Waals surface area contributed by atoms with Gasteiger partial charge < -0.3 is 5.32 Å². The number of hydrogen-bond acceptors (Lipinski definition) is 2. The van der Waals surface area contributed by atoms with Crippen LogP contribution in [0.3, 0.4) is 0 Å². The molecule has 0 aliphatic carbocycles. The summed E-state index contributed by atoms with van der Waals surface area (Å²) in [6, 6.07) is 6.10. The Bertz CT molecular complexity index is 367. The van der Waals surface area contributed by atoms with Crippen LogP contribution in [0.25, 0.3) is 0 Å².